The molecule has 1 aliphatic heterocycles. The first kappa shape index (κ1) is 18.9. The van der Waals surface area contributed by atoms with Gasteiger partial charge >= 0.3 is 0 Å². The second-order valence-corrected chi connectivity index (χ2v) is 7.58. The lowest BCUT2D eigenvalue weighted by Crippen LogP contribution is -2.61. The van der Waals surface area contributed by atoms with Crippen LogP contribution in [0.4, 0.5) is 0 Å². The van der Waals surface area contributed by atoms with Crippen molar-refractivity contribution in [3.05, 3.63) is 100 Å². The van der Waals surface area contributed by atoms with Crippen molar-refractivity contribution in [1.29, 1.82) is 0 Å². The molecule has 0 saturated carbocycles. The minimum absolute atomic E-state index is 0.0822. The molecule has 3 nitrogen and oxygen atoms in total. The first-order chi connectivity index (χ1) is 13.6. The van der Waals surface area contributed by atoms with Gasteiger partial charge in [0.25, 0.3) is 5.91 Å². The van der Waals surface area contributed by atoms with Gasteiger partial charge in [0.2, 0.25) is 6.10 Å². The van der Waals surface area contributed by atoms with E-state index >= 15 is 0 Å². The Morgan fingerprint density at radius 2 is 1.43 bits per heavy atom. The Bertz CT molecular complexity index is 958. The highest BCUT2D eigenvalue weighted by atomic mass is 35.5. The third-order valence-electron chi connectivity index (χ3n) is 5.07. The quantitative estimate of drug-likeness (QED) is 0.475. The van der Waals surface area contributed by atoms with Gasteiger partial charge in [-0.1, -0.05) is 77.8 Å². The van der Waals surface area contributed by atoms with Gasteiger partial charge in [-0.05, 0) is 36.8 Å². The Morgan fingerprint density at radius 1 is 0.857 bits per heavy atom. The predicted molar refractivity (Wildman–Crippen MR) is 112 cm³/mol. The molecule has 3 aromatic carbocycles. The predicted octanol–water partition coefficient (Wildman–Crippen LogP) is 6.09. The molecular formula is C23H19Cl2NO2. The van der Waals surface area contributed by atoms with Crippen molar-refractivity contribution in [3.63, 3.8) is 0 Å². The maximum Gasteiger partial charge on any atom is 0.267 e. The van der Waals surface area contributed by atoms with Crippen molar-refractivity contribution in [2.24, 2.45) is 0 Å². The van der Waals surface area contributed by atoms with E-state index in [2.05, 4.69) is 0 Å². The highest BCUT2D eigenvalue weighted by molar-refractivity contribution is 6.36. The van der Waals surface area contributed by atoms with E-state index in [1.54, 1.807) is 23.1 Å². The van der Waals surface area contributed by atoms with E-state index in [1.807, 2.05) is 67.6 Å². The van der Waals surface area contributed by atoms with Gasteiger partial charge in [-0.15, -0.1) is 0 Å². The number of rotatable bonds is 5. The molecule has 3 aromatic rings. The van der Waals surface area contributed by atoms with Crippen LogP contribution >= 0.6 is 23.2 Å². The molecule has 5 heteroatoms. The third-order valence-corrected chi connectivity index (χ3v) is 5.73. The van der Waals surface area contributed by atoms with Crippen LogP contribution in [0.15, 0.2) is 78.9 Å². The Morgan fingerprint density at radius 3 is 2.04 bits per heavy atom. The third kappa shape index (κ3) is 3.36. The SMILES string of the molecule is C[C@@H](c1c(Cl)cccc1Cl)N1C(=O)[C@H](Oc2ccccc2)[C@@H]1c1ccccc1. The van der Waals surface area contributed by atoms with Crippen LogP contribution < -0.4 is 4.74 Å². The summed E-state index contributed by atoms with van der Waals surface area (Å²) in [5.41, 5.74) is 1.76. The van der Waals surface area contributed by atoms with Crippen LogP contribution in [0.25, 0.3) is 0 Å². The average Bonchev–Trinajstić information content (AvgIpc) is 2.71. The molecule has 3 atom stereocenters. The molecule has 0 unspecified atom stereocenters. The van der Waals surface area contributed by atoms with Crippen molar-refractivity contribution < 1.29 is 9.53 Å². The minimum atomic E-state index is -0.589. The normalized spacial score (nSPS) is 19.8. The van der Waals surface area contributed by atoms with Crippen LogP contribution in [0.1, 0.15) is 30.1 Å². The molecule has 0 aliphatic carbocycles. The van der Waals surface area contributed by atoms with Gasteiger partial charge in [0, 0.05) is 15.6 Å². The molecular weight excluding hydrogens is 393 g/mol. The fourth-order valence-electron chi connectivity index (χ4n) is 3.71. The van der Waals surface area contributed by atoms with Gasteiger partial charge in [0.15, 0.2) is 0 Å². The van der Waals surface area contributed by atoms with Gasteiger partial charge in [0.05, 0.1) is 6.04 Å². The van der Waals surface area contributed by atoms with E-state index in [1.165, 1.54) is 0 Å². The lowest BCUT2D eigenvalue weighted by atomic mass is 9.87. The van der Waals surface area contributed by atoms with Crippen LogP contribution in [0.5, 0.6) is 5.75 Å². The first-order valence-electron chi connectivity index (χ1n) is 9.10. The number of amides is 1. The van der Waals surface area contributed by atoms with Crippen molar-refractivity contribution in [2.75, 3.05) is 0 Å². The summed E-state index contributed by atoms with van der Waals surface area (Å²) in [6, 6.07) is 24.2. The van der Waals surface area contributed by atoms with Crippen LogP contribution in [0.3, 0.4) is 0 Å². The number of nitrogens with zero attached hydrogens (tertiary/aromatic N) is 1. The molecule has 1 fully saturated rings. The number of hydrogen-bond donors (Lipinski definition) is 0. The summed E-state index contributed by atoms with van der Waals surface area (Å²) in [6.07, 6.45) is -0.589. The summed E-state index contributed by atoms with van der Waals surface area (Å²) >= 11 is 12.8. The topological polar surface area (TPSA) is 29.5 Å². The zero-order valence-corrected chi connectivity index (χ0v) is 16.8. The smallest absolute Gasteiger partial charge is 0.267 e. The molecule has 4 rings (SSSR count). The number of carbonyl (C=O) groups is 1. The summed E-state index contributed by atoms with van der Waals surface area (Å²) in [5.74, 6) is 0.589. The molecule has 0 radical (unpaired) electrons. The van der Waals surface area contributed by atoms with Crippen molar-refractivity contribution >= 4 is 29.1 Å². The van der Waals surface area contributed by atoms with E-state index in [0.29, 0.717) is 15.8 Å². The maximum atomic E-state index is 13.1. The van der Waals surface area contributed by atoms with Crippen molar-refractivity contribution in [3.8, 4) is 5.75 Å². The Balaban J connectivity index is 1.69. The van der Waals surface area contributed by atoms with Gasteiger partial charge in [-0.2, -0.15) is 0 Å². The number of hydrogen-bond acceptors (Lipinski definition) is 2. The summed E-state index contributed by atoms with van der Waals surface area (Å²) in [5, 5.41) is 1.10. The Kier molecular flexibility index (Phi) is 5.29. The standard InChI is InChI=1S/C23H19Cl2NO2/c1-15(20-18(24)13-8-14-19(20)25)26-21(16-9-4-2-5-10-16)22(23(26)27)28-17-11-6-3-7-12-17/h2-15,21-22H,1H3/t15-,21-,22+/m0/s1. The van der Waals surface area contributed by atoms with E-state index in [4.69, 9.17) is 27.9 Å². The molecule has 1 amide bonds. The zero-order chi connectivity index (χ0) is 19.7. The first-order valence-corrected chi connectivity index (χ1v) is 9.86. The van der Waals surface area contributed by atoms with E-state index < -0.39 is 6.10 Å². The lowest BCUT2D eigenvalue weighted by molar-refractivity contribution is -0.169. The second kappa shape index (κ2) is 7.86. The number of likely N-dealkylation sites (tertiary alicyclic amines) is 1. The van der Waals surface area contributed by atoms with Crippen LogP contribution in [0.2, 0.25) is 10.0 Å². The molecule has 142 valence electrons. The summed E-state index contributed by atoms with van der Waals surface area (Å²) in [4.78, 5) is 14.9. The van der Waals surface area contributed by atoms with Gasteiger partial charge in [-0.3, -0.25) is 4.79 Å². The largest absolute Gasteiger partial charge is 0.478 e. The molecule has 1 saturated heterocycles. The van der Waals surface area contributed by atoms with E-state index in [-0.39, 0.29) is 18.0 Å². The van der Waals surface area contributed by atoms with Gasteiger partial charge in [-0.25, -0.2) is 0 Å². The minimum Gasteiger partial charge on any atom is -0.478 e. The van der Waals surface area contributed by atoms with Crippen LogP contribution in [-0.4, -0.2) is 16.9 Å². The van der Waals surface area contributed by atoms with Crippen molar-refractivity contribution in [1.82, 2.24) is 4.90 Å². The Labute approximate surface area is 174 Å². The molecule has 28 heavy (non-hydrogen) atoms. The van der Waals surface area contributed by atoms with Gasteiger partial charge in [0.1, 0.15) is 11.8 Å². The Hall–Kier alpha value is -2.49. The fourth-order valence-corrected chi connectivity index (χ4v) is 4.42. The number of β-lactam (4-membered cyclic amide) rings is 1. The van der Waals surface area contributed by atoms with Crippen LogP contribution in [0, 0.1) is 0 Å². The molecule has 0 bridgehead atoms. The lowest BCUT2D eigenvalue weighted by Gasteiger charge is -2.50. The highest BCUT2D eigenvalue weighted by Crippen LogP contribution is 2.45. The zero-order valence-electron chi connectivity index (χ0n) is 15.3. The summed E-state index contributed by atoms with van der Waals surface area (Å²) in [7, 11) is 0. The van der Waals surface area contributed by atoms with Crippen molar-refractivity contribution in [2.45, 2.75) is 25.1 Å². The highest BCUT2D eigenvalue weighted by Gasteiger charge is 2.52. The maximum absolute atomic E-state index is 13.1. The van der Waals surface area contributed by atoms with E-state index in [0.717, 1.165) is 11.1 Å². The fraction of sp³-hybridized carbons (Fsp3) is 0.174. The van der Waals surface area contributed by atoms with E-state index in [9.17, 15) is 4.79 Å². The molecule has 1 aliphatic rings. The molecule has 0 aromatic heterocycles. The van der Waals surface area contributed by atoms with Gasteiger partial charge < -0.3 is 9.64 Å². The summed E-state index contributed by atoms with van der Waals surface area (Å²) < 4.78 is 6.05. The number of halogens is 2. The molecule has 0 N–H and O–H groups in total. The summed E-state index contributed by atoms with van der Waals surface area (Å²) in [6.45, 7) is 1.94. The molecule has 1 heterocycles. The number of para-hydroxylation sites is 1. The second-order valence-electron chi connectivity index (χ2n) is 6.76. The monoisotopic (exact) mass is 411 g/mol. The number of benzene rings is 3. The van der Waals surface area contributed by atoms with Crippen LogP contribution in [-0.2, 0) is 4.79 Å². The molecule has 0 spiro atoms. The average molecular weight is 412 g/mol. The number of ether oxygens (including phenoxy) is 1. The number of carbonyl (C=O) groups excluding carboxylic acids is 1.